The van der Waals surface area contributed by atoms with E-state index in [9.17, 15) is 9.59 Å². The van der Waals surface area contributed by atoms with E-state index in [4.69, 9.17) is 17.3 Å². The average Bonchev–Trinajstić information content (AvgIpc) is 2.44. The van der Waals surface area contributed by atoms with Crippen molar-refractivity contribution in [2.45, 2.75) is 18.9 Å². The van der Waals surface area contributed by atoms with Gasteiger partial charge >= 0.3 is 5.97 Å². The van der Waals surface area contributed by atoms with Gasteiger partial charge in [0.05, 0.1) is 12.6 Å². The molecule has 1 aromatic carbocycles. The third-order valence-electron chi connectivity index (χ3n) is 2.82. The predicted octanol–water partition coefficient (Wildman–Crippen LogP) is 0.493. The number of terminal acetylenes is 1. The first-order chi connectivity index (χ1) is 9.54. The maximum absolute atomic E-state index is 12.0. The molecule has 0 aliphatic carbocycles. The summed E-state index contributed by atoms with van der Waals surface area (Å²) in [6, 6.07) is 8.90. The number of rotatable bonds is 7. The van der Waals surface area contributed by atoms with Crippen molar-refractivity contribution in [2.75, 3.05) is 13.1 Å². The number of carboxylic acid groups (broad SMARTS) is 1. The molecular formula is C15H18N2O3. The minimum Gasteiger partial charge on any atom is -0.480 e. The van der Waals surface area contributed by atoms with Crippen LogP contribution in [-0.2, 0) is 16.0 Å². The molecule has 0 radical (unpaired) electrons. The SMILES string of the molecule is C#CCN(CC(=O)O)C(=O)[C@@H](N)CCc1ccccc1. The van der Waals surface area contributed by atoms with Crippen molar-refractivity contribution in [3.63, 3.8) is 0 Å². The Morgan fingerprint density at radius 3 is 2.55 bits per heavy atom. The fourth-order valence-electron chi connectivity index (χ4n) is 1.81. The molecule has 1 amide bonds. The average molecular weight is 274 g/mol. The second-order valence-corrected chi connectivity index (χ2v) is 4.42. The van der Waals surface area contributed by atoms with Gasteiger partial charge in [0.25, 0.3) is 0 Å². The Balaban J connectivity index is 2.56. The van der Waals surface area contributed by atoms with Gasteiger partial charge in [-0.05, 0) is 18.4 Å². The van der Waals surface area contributed by atoms with Crippen LogP contribution in [-0.4, -0.2) is 41.0 Å². The zero-order chi connectivity index (χ0) is 15.0. The topological polar surface area (TPSA) is 83.6 Å². The van der Waals surface area contributed by atoms with E-state index in [2.05, 4.69) is 5.92 Å². The third-order valence-corrected chi connectivity index (χ3v) is 2.82. The number of nitrogens with two attached hydrogens (primary N) is 1. The Kier molecular flexibility index (Phi) is 6.27. The minimum atomic E-state index is -1.11. The van der Waals surface area contributed by atoms with Gasteiger partial charge in [0.2, 0.25) is 5.91 Å². The normalized spacial score (nSPS) is 11.4. The Morgan fingerprint density at radius 1 is 1.35 bits per heavy atom. The molecule has 5 nitrogen and oxygen atoms in total. The van der Waals surface area contributed by atoms with Gasteiger partial charge in [0, 0.05) is 0 Å². The summed E-state index contributed by atoms with van der Waals surface area (Å²) in [5.74, 6) is 0.732. The molecule has 0 fully saturated rings. The van der Waals surface area contributed by atoms with Crippen LogP contribution < -0.4 is 5.73 Å². The Labute approximate surface area is 118 Å². The van der Waals surface area contributed by atoms with Gasteiger partial charge in [-0.2, -0.15) is 0 Å². The van der Waals surface area contributed by atoms with E-state index in [0.29, 0.717) is 12.8 Å². The van der Waals surface area contributed by atoms with Crippen LogP contribution >= 0.6 is 0 Å². The molecule has 0 spiro atoms. The van der Waals surface area contributed by atoms with Crippen LogP contribution in [0.25, 0.3) is 0 Å². The maximum Gasteiger partial charge on any atom is 0.323 e. The molecule has 20 heavy (non-hydrogen) atoms. The zero-order valence-electron chi connectivity index (χ0n) is 11.2. The lowest BCUT2D eigenvalue weighted by molar-refractivity contribution is -0.144. The van der Waals surface area contributed by atoms with Gasteiger partial charge in [0.15, 0.2) is 0 Å². The second-order valence-electron chi connectivity index (χ2n) is 4.42. The van der Waals surface area contributed by atoms with Gasteiger partial charge in [-0.15, -0.1) is 6.42 Å². The molecule has 1 rings (SSSR count). The number of nitrogens with zero attached hydrogens (tertiary/aromatic N) is 1. The lowest BCUT2D eigenvalue weighted by Gasteiger charge is -2.22. The molecule has 1 aromatic rings. The summed E-state index contributed by atoms with van der Waals surface area (Å²) in [7, 11) is 0. The number of carbonyl (C=O) groups excluding carboxylic acids is 1. The highest BCUT2D eigenvalue weighted by molar-refractivity contribution is 5.85. The lowest BCUT2D eigenvalue weighted by atomic mass is 10.0. The number of benzene rings is 1. The number of hydrogen-bond donors (Lipinski definition) is 2. The van der Waals surface area contributed by atoms with Gasteiger partial charge in [0.1, 0.15) is 6.54 Å². The fraction of sp³-hybridized carbons (Fsp3) is 0.333. The third kappa shape index (κ3) is 5.12. The van der Waals surface area contributed by atoms with Crippen LogP contribution in [0, 0.1) is 12.3 Å². The summed E-state index contributed by atoms with van der Waals surface area (Å²) < 4.78 is 0. The van der Waals surface area contributed by atoms with Crippen LogP contribution in [0.15, 0.2) is 30.3 Å². The largest absolute Gasteiger partial charge is 0.480 e. The monoisotopic (exact) mass is 274 g/mol. The second kappa shape index (κ2) is 7.97. The number of aryl methyl sites for hydroxylation is 1. The van der Waals surface area contributed by atoms with E-state index >= 15 is 0 Å². The van der Waals surface area contributed by atoms with Crippen molar-refractivity contribution in [3.8, 4) is 12.3 Å². The molecule has 0 saturated heterocycles. The highest BCUT2D eigenvalue weighted by Crippen LogP contribution is 2.06. The molecule has 106 valence electrons. The first-order valence-electron chi connectivity index (χ1n) is 6.28. The van der Waals surface area contributed by atoms with Crippen LogP contribution in [0.2, 0.25) is 0 Å². The van der Waals surface area contributed by atoms with Gasteiger partial charge in [-0.3, -0.25) is 9.59 Å². The quantitative estimate of drug-likeness (QED) is 0.709. The summed E-state index contributed by atoms with van der Waals surface area (Å²) in [4.78, 5) is 23.8. The number of carbonyl (C=O) groups is 2. The Morgan fingerprint density at radius 2 is 2.00 bits per heavy atom. The van der Waals surface area contributed by atoms with E-state index < -0.39 is 24.5 Å². The van der Waals surface area contributed by atoms with Crippen molar-refractivity contribution < 1.29 is 14.7 Å². The highest BCUT2D eigenvalue weighted by Gasteiger charge is 2.22. The molecule has 0 aliphatic heterocycles. The van der Waals surface area contributed by atoms with E-state index in [1.165, 1.54) is 0 Å². The fourth-order valence-corrected chi connectivity index (χ4v) is 1.81. The number of aliphatic carboxylic acids is 1. The Hall–Kier alpha value is -2.32. The van der Waals surface area contributed by atoms with Crippen LogP contribution in [0.1, 0.15) is 12.0 Å². The van der Waals surface area contributed by atoms with E-state index in [1.807, 2.05) is 30.3 Å². The highest BCUT2D eigenvalue weighted by atomic mass is 16.4. The zero-order valence-corrected chi connectivity index (χ0v) is 11.2. The summed E-state index contributed by atoms with van der Waals surface area (Å²) >= 11 is 0. The minimum absolute atomic E-state index is 0.0514. The van der Waals surface area contributed by atoms with Gasteiger partial charge in [-0.25, -0.2) is 0 Å². The van der Waals surface area contributed by atoms with Gasteiger partial charge in [-0.1, -0.05) is 36.3 Å². The standard InChI is InChI=1S/C15H18N2O3/c1-2-10-17(11-14(18)19)15(20)13(16)9-8-12-6-4-3-5-7-12/h1,3-7,13H,8-11,16H2,(H,18,19)/t13-/m0/s1. The number of hydrogen-bond acceptors (Lipinski definition) is 3. The van der Waals surface area contributed by atoms with Crippen molar-refractivity contribution in [3.05, 3.63) is 35.9 Å². The van der Waals surface area contributed by atoms with Crippen molar-refractivity contribution >= 4 is 11.9 Å². The molecular weight excluding hydrogens is 256 g/mol. The molecule has 0 bridgehead atoms. The summed E-state index contributed by atoms with van der Waals surface area (Å²) in [5, 5.41) is 8.75. The summed E-state index contributed by atoms with van der Waals surface area (Å²) in [6.07, 6.45) is 6.24. The van der Waals surface area contributed by atoms with E-state index in [1.54, 1.807) is 0 Å². The Bertz CT molecular complexity index is 494. The van der Waals surface area contributed by atoms with Crippen molar-refractivity contribution in [2.24, 2.45) is 5.73 Å². The van der Waals surface area contributed by atoms with Gasteiger partial charge < -0.3 is 15.7 Å². The van der Waals surface area contributed by atoms with Crippen LogP contribution in [0.4, 0.5) is 0 Å². The first-order valence-corrected chi connectivity index (χ1v) is 6.28. The molecule has 0 unspecified atom stereocenters. The van der Waals surface area contributed by atoms with E-state index in [0.717, 1.165) is 10.5 Å². The lowest BCUT2D eigenvalue weighted by Crippen LogP contribution is -2.46. The molecule has 0 aromatic heterocycles. The molecule has 5 heteroatoms. The molecule has 0 saturated carbocycles. The van der Waals surface area contributed by atoms with Crippen molar-refractivity contribution in [1.82, 2.24) is 4.90 Å². The first kappa shape index (κ1) is 15.7. The number of amides is 1. The smallest absolute Gasteiger partial charge is 0.323 e. The molecule has 3 N–H and O–H groups in total. The van der Waals surface area contributed by atoms with Crippen LogP contribution in [0.3, 0.4) is 0 Å². The summed E-state index contributed by atoms with van der Waals surface area (Å²) in [6.45, 7) is -0.480. The van der Waals surface area contributed by atoms with E-state index in [-0.39, 0.29) is 6.54 Å². The van der Waals surface area contributed by atoms with Crippen molar-refractivity contribution in [1.29, 1.82) is 0 Å². The molecule has 0 heterocycles. The maximum atomic E-state index is 12.0. The molecule has 1 atom stereocenters. The molecule has 0 aliphatic rings. The summed E-state index contributed by atoms with van der Waals surface area (Å²) in [5.41, 5.74) is 6.90. The number of carboxylic acids is 1. The van der Waals surface area contributed by atoms with Crippen LogP contribution in [0.5, 0.6) is 0 Å². The predicted molar refractivity (Wildman–Crippen MR) is 75.8 cm³/mol.